The molecule has 7 nitrogen and oxygen atoms in total. The molecule has 24 heavy (non-hydrogen) atoms. The Morgan fingerprint density at radius 3 is 2.38 bits per heavy atom. The molecule has 0 unspecified atom stereocenters. The van der Waals surface area contributed by atoms with Crippen LogP contribution in [-0.2, 0) is 0 Å². The zero-order chi connectivity index (χ0) is 16.6. The summed E-state index contributed by atoms with van der Waals surface area (Å²) in [5, 5.41) is 3.45. The Labute approximate surface area is 142 Å². The van der Waals surface area contributed by atoms with Gasteiger partial charge in [0, 0.05) is 36.9 Å². The Bertz CT molecular complexity index is 582. The lowest BCUT2D eigenvalue weighted by Gasteiger charge is -2.55. The Hall–Kier alpha value is -1.73. The Morgan fingerprint density at radius 2 is 1.79 bits per heavy atom. The maximum atomic E-state index is 11.1. The molecule has 3 aliphatic heterocycles. The minimum atomic E-state index is -0.480. The van der Waals surface area contributed by atoms with E-state index in [-0.39, 0.29) is 0 Å². The molecular formula is C17H26N6O. The third kappa shape index (κ3) is 2.98. The van der Waals surface area contributed by atoms with Crippen LogP contribution in [0.1, 0.15) is 36.0 Å². The number of hydrogen-bond acceptors (Lipinski definition) is 6. The Morgan fingerprint density at radius 1 is 1.17 bits per heavy atom. The highest BCUT2D eigenvalue weighted by Gasteiger charge is 2.46. The van der Waals surface area contributed by atoms with Gasteiger partial charge in [0.25, 0.3) is 5.91 Å². The molecule has 1 amide bonds. The van der Waals surface area contributed by atoms with Crippen molar-refractivity contribution in [1.29, 1.82) is 0 Å². The van der Waals surface area contributed by atoms with E-state index in [4.69, 9.17) is 5.73 Å². The van der Waals surface area contributed by atoms with E-state index in [9.17, 15) is 4.79 Å². The van der Waals surface area contributed by atoms with Crippen molar-refractivity contribution in [3.05, 3.63) is 18.0 Å². The van der Waals surface area contributed by atoms with Crippen molar-refractivity contribution in [2.45, 2.75) is 31.7 Å². The molecule has 0 aromatic carbocycles. The normalized spacial score (nSPS) is 24.8. The van der Waals surface area contributed by atoms with Crippen LogP contribution in [0, 0.1) is 5.41 Å². The minimum absolute atomic E-state index is 0.365. The molecule has 1 aromatic heterocycles. The minimum Gasteiger partial charge on any atom is -0.366 e. The van der Waals surface area contributed by atoms with Crippen LogP contribution in [0.15, 0.2) is 12.4 Å². The summed E-state index contributed by atoms with van der Waals surface area (Å²) in [6.07, 6.45) is 8.17. The zero-order valence-corrected chi connectivity index (χ0v) is 14.1. The summed E-state index contributed by atoms with van der Waals surface area (Å²) in [7, 11) is 0. The lowest BCUT2D eigenvalue weighted by molar-refractivity contribution is 0.0421. The lowest BCUT2D eigenvalue weighted by atomic mass is 9.71. The number of primary amides is 1. The number of carbonyl (C=O) groups is 1. The molecule has 3 fully saturated rings. The fourth-order valence-corrected chi connectivity index (χ4v) is 4.37. The fraction of sp³-hybridized carbons (Fsp3) is 0.706. The summed E-state index contributed by atoms with van der Waals surface area (Å²) in [6.45, 7) is 6.84. The summed E-state index contributed by atoms with van der Waals surface area (Å²) in [5.74, 6) is 0.235. The second-order valence-corrected chi connectivity index (χ2v) is 7.51. The second-order valence-electron chi connectivity index (χ2n) is 7.51. The molecule has 3 aliphatic rings. The van der Waals surface area contributed by atoms with Gasteiger partial charge >= 0.3 is 0 Å². The number of nitrogens with two attached hydrogens (primary N) is 1. The Balaban J connectivity index is 1.30. The van der Waals surface area contributed by atoms with Crippen LogP contribution in [-0.4, -0.2) is 66.1 Å². The van der Waals surface area contributed by atoms with Crippen molar-refractivity contribution in [2.24, 2.45) is 11.1 Å². The van der Waals surface area contributed by atoms with Crippen LogP contribution in [0.2, 0.25) is 0 Å². The first-order chi connectivity index (χ1) is 11.7. The average molecular weight is 330 g/mol. The fourth-order valence-electron chi connectivity index (χ4n) is 4.37. The molecule has 4 heterocycles. The number of hydrogen-bond donors (Lipinski definition) is 2. The zero-order valence-electron chi connectivity index (χ0n) is 14.1. The van der Waals surface area contributed by atoms with E-state index in [1.807, 2.05) is 0 Å². The molecule has 3 N–H and O–H groups in total. The predicted molar refractivity (Wildman–Crippen MR) is 91.9 cm³/mol. The van der Waals surface area contributed by atoms with Crippen LogP contribution in [0.5, 0.6) is 0 Å². The predicted octanol–water partition coefficient (Wildman–Crippen LogP) is 0.230. The summed E-state index contributed by atoms with van der Waals surface area (Å²) in [4.78, 5) is 24.6. The van der Waals surface area contributed by atoms with E-state index in [2.05, 4.69) is 25.1 Å². The molecule has 7 heteroatoms. The van der Waals surface area contributed by atoms with Crippen molar-refractivity contribution in [1.82, 2.24) is 20.2 Å². The third-order valence-corrected chi connectivity index (χ3v) is 5.94. The lowest BCUT2D eigenvalue weighted by Crippen LogP contribution is -2.62. The number of aromatic nitrogens is 2. The van der Waals surface area contributed by atoms with Crippen LogP contribution in [0.4, 0.5) is 5.95 Å². The van der Waals surface area contributed by atoms with Crippen LogP contribution < -0.4 is 16.0 Å². The number of carbonyl (C=O) groups excluding carboxylic acids is 1. The molecule has 0 atom stereocenters. The van der Waals surface area contributed by atoms with Crippen LogP contribution in [0.25, 0.3) is 0 Å². The largest absolute Gasteiger partial charge is 0.366 e. The van der Waals surface area contributed by atoms with E-state index >= 15 is 0 Å². The third-order valence-electron chi connectivity index (χ3n) is 5.94. The SMILES string of the molecule is NC(=O)c1cnc(N2CC3(CCN(C4CCNCC4)CC3)C2)nc1. The number of amides is 1. The van der Waals surface area contributed by atoms with E-state index < -0.39 is 5.91 Å². The van der Waals surface area contributed by atoms with Crippen molar-refractivity contribution in [3.8, 4) is 0 Å². The van der Waals surface area contributed by atoms with Gasteiger partial charge in [-0.1, -0.05) is 0 Å². The van der Waals surface area contributed by atoms with E-state index in [1.54, 1.807) is 0 Å². The first-order valence-electron chi connectivity index (χ1n) is 8.97. The molecule has 4 rings (SSSR count). The number of nitrogens with one attached hydrogen (secondary N) is 1. The molecule has 0 saturated carbocycles. The second kappa shape index (κ2) is 6.29. The highest BCUT2D eigenvalue weighted by atomic mass is 16.1. The van der Waals surface area contributed by atoms with Gasteiger partial charge in [-0.2, -0.15) is 0 Å². The van der Waals surface area contributed by atoms with E-state index in [0.717, 1.165) is 19.1 Å². The quantitative estimate of drug-likeness (QED) is 0.825. The Kier molecular flexibility index (Phi) is 4.14. The van der Waals surface area contributed by atoms with Gasteiger partial charge in [0.2, 0.25) is 5.95 Å². The average Bonchev–Trinajstić information content (AvgIpc) is 2.61. The van der Waals surface area contributed by atoms with Gasteiger partial charge in [0.05, 0.1) is 5.56 Å². The molecule has 1 aromatic rings. The van der Waals surface area contributed by atoms with Gasteiger partial charge in [-0.25, -0.2) is 9.97 Å². The number of rotatable bonds is 3. The van der Waals surface area contributed by atoms with Gasteiger partial charge in [-0.3, -0.25) is 4.79 Å². The van der Waals surface area contributed by atoms with Gasteiger partial charge in [-0.15, -0.1) is 0 Å². The maximum Gasteiger partial charge on any atom is 0.251 e. The van der Waals surface area contributed by atoms with Crippen molar-refractivity contribution < 1.29 is 4.79 Å². The molecule has 0 radical (unpaired) electrons. The maximum absolute atomic E-state index is 11.1. The highest BCUT2D eigenvalue weighted by Crippen LogP contribution is 2.42. The summed E-state index contributed by atoms with van der Waals surface area (Å²) in [5.41, 5.74) is 6.04. The molecular weight excluding hydrogens is 304 g/mol. The smallest absolute Gasteiger partial charge is 0.251 e. The van der Waals surface area contributed by atoms with Gasteiger partial charge in [-0.05, 0) is 51.9 Å². The van der Waals surface area contributed by atoms with Gasteiger partial charge < -0.3 is 20.9 Å². The highest BCUT2D eigenvalue weighted by molar-refractivity contribution is 5.92. The van der Waals surface area contributed by atoms with Gasteiger partial charge in [0.1, 0.15) is 0 Å². The first-order valence-corrected chi connectivity index (χ1v) is 8.97. The first kappa shape index (κ1) is 15.8. The number of anilines is 1. The number of likely N-dealkylation sites (tertiary alicyclic amines) is 1. The van der Waals surface area contributed by atoms with Crippen molar-refractivity contribution >= 4 is 11.9 Å². The number of nitrogens with zero attached hydrogens (tertiary/aromatic N) is 4. The van der Waals surface area contributed by atoms with Crippen LogP contribution >= 0.6 is 0 Å². The molecule has 0 aliphatic carbocycles. The van der Waals surface area contributed by atoms with Crippen molar-refractivity contribution in [2.75, 3.05) is 44.2 Å². The molecule has 1 spiro atoms. The van der Waals surface area contributed by atoms with E-state index in [1.165, 1.54) is 64.3 Å². The standard InChI is InChI=1S/C17H26N6O/c18-15(24)13-9-20-16(21-10-13)23-11-17(12-23)3-7-22(8-4-17)14-1-5-19-6-2-14/h9-10,14,19H,1-8,11-12H2,(H2,18,24). The van der Waals surface area contributed by atoms with Crippen LogP contribution in [0.3, 0.4) is 0 Å². The summed E-state index contributed by atoms with van der Waals surface area (Å²) >= 11 is 0. The summed E-state index contributed by atoms with van der Waals surface area (Å²) < 4.78 is 0. The van der Waals surface area contributed by atoms with E-state index in [0.29, 0.717) is 16.9 Å². The summed E-state index contributed by atoms with van der Waals surface area (Å²) in [6, 6.07) is 0.782. The molecule has 130 valence electrons. The monoisotopic (exact) mass is 330 g/mol. The number of piperidine rings is 2. The molecule has 0 bridgehead atoms. The van der Waals surface area contributed by atoms with Gasteiger partial charge in [0.15, 0.2) is 0 Å². The van der Waals surface area contributed by atoms with Crippen molar-refractivity contribution in [3.63, 3.8) is 0 Å². The molecule has 3 saturated heterocycles. The topological polar surface area (TPSA) is 87.4 Å².